The van der Waals surface area contributed by atoms with Crippen molar-refractivity contribution in [2.75, 3.05) is 5.75 Å². The van der Waals surface area contributed by atoms with Crippen LogP contribution in [0.1, 0.15) is 245 Å². The number of aliphatic hydroxyl groups excluding tert-OH is 1. The van der Waals surface area contributed by atoms with Crippen LogP contribution in [-0.4, -0.2) is 41.9 Å². The van der Waals surface area contributed by atoms with Crippen molar-refractivity contribution in [3.8, 4) is 0 Å². The second-order valence-corrected chi connectivity index (χ2v) is 17.2. The smallest absolute Gasteiger partial charge is 0.266 e. The van der Waals surface area contributed by atoms with Crippen molar-refractivity contribution in [1.29, 1.82) is 0 Å². The van der Waals surface area contributed by atoms with Crippen molar-refractivity contribution >= 4 is 16.0 Å². The second-order valence-electron chi connectivity index (χ2n) is 15.7. The zero-order chi connectivity index (χ0) is 37.5. The summed E-state index contributed by atoms with van der Waals surface area (Å²) in [5.74, 6) is -0.889. The number of rotatable bonds is 41. The van der Waals surface area contributed by atoms with Gasteiger partial charge < -0.3 is 10.4 Å². The van der Waals surface area contributed by atoms with Crippen LogP contribution in [0.2, 0.25) is 0 Å². The van der Waals surface area contributed by atoms with Gasteiger partial charge in [0.15, 0.2) is 0 Å². The Labute approximate surface area is 318 Å². The molecule has 7 heteroatoms. The number of unbranched alkanes of at least 4 members (excludes halogenated alkanes) is 31. The van der Waals surface area contributed by atoms with E-state index in [2.05, 4.69) is 31.3 Å². The summed E-state index contributed by atoms with van der Waals surface area (Å²) in [6, 6.07) is -0.968. The van der Waals surface area contributed by atoms with Gasteiger partial charge >= 0.3 is 0 Å². The summed E-state index contributed by atoms with van der Waals surface area (Å²) in [6.07, 6.45) is 47.3. The van der Waals surface area contributed by atoms with Crippen molar-refractivity contribution in [1.82, 2.24) is 5.32 Å². The van der Waals surface area contributed by atoms with E-state index < -0.39 is 28.0 Å². The molecular formula is C44H87NO5S. The lowest BCUT2D eigenvalue weighted by Gasteiger charge is -2.23. The Morgan fingerprint density at radius 2 is 0.824 bits per heavy atom. The van der Waals surface area contributed by atoms with Crippen molar-refractivity contribution in [3.05, 3.63) is 12.2 Å². The average Bonchev–Trinajstić information content (AvgIpc) is 3.09. The first-order valence-corrected chi connectivity index (χ1v) is 24.0. The van der Waals surface area contributed by atoms with Crippen molar-refractivity contribution in [2.45, 2.75) is 257 Å². The molecule has 1 amide bonds. The van der Waals surface area contributed by atoms with E-state index in [1.807, 2.05) is 0 Å². The topological polar surface area (TPSA) is 104 Å². The Balaban J connectivity index is 3.80. The van der Waals surface area contributed by atoms with Gasteiger partial charge in [0.2, 0.25) is 5.91 Å². The summed E-state index contributed by atoms with van der Waals surface area (Å²) in [5, 5.41) is 13.4. The van der Waals surface area contributed by atoms with Gasteiger partial charge in [-0.1, -0.05) is 212 Å². The number of hydrogen-bond donors (Lipinski definition) is 3. The van der Waals surface area contributed by atoms with E-state index in [1.165, 1.54) is 180 Å². The van der Waals surface area contributed by atoms with Crippen LogP contribution in [0.25, 0.3) is 0 Å². The number of carbonyl (C=O) groups excluding carboxylic acids is 1. The van der Waals surface area contributed by atoms with Crippen LogP contribution in [0.4, 0.5) is 0 Å². The summed E-state index contributed by atoms with van der Waals surface area (Å²) < 4.78 is 32.6. The summed E-state index contributed by atoms with van der Waals surface area (Å²) in [7, 11) is -4.31. The summed E-state index contributed by atoms with van der Waals surface area (Å²) in [5.41, 5.74) is 0. The van der Waals surface area contributed by atoms with Crippen molar-refractivity contribution in [3.63, 3.8) is 0 Å². The van der Waals surface area contributed by atoms with Gasteiger partial charge in [-0.25, -0.2) is 0 Å². The fourth-order valence-electron chi connectivity index (χ4n) is 7.10. The third kappa shape index (κ3) is 40.1. The number of nitrogens with one attached hydrogen (secondary N) is 1. The first kappa shape index (κ1) is 50.1. The number of amides is 1. The molecular weight excluding hydrogens is 655 g/mol. The van der Waals surface area contributed by atoms with E-state index in [-0.39, 0.29) is 5.91 Å². The number of hydrogen-bond acceptors (Lipinski definition) is 4. The summed E-state index contributed by atoms with van der Waals surface area (Å²) in [6.45, 7) is 4.54. The SMILES string of the molecule is CCCCCCCC/C=C\CCCCCCCCCCCC(=O)NC(CS(=O)(=O)O)C(O)CCCCCCCCCCCCCCCCCCC. The average molecular weight is 742 g/mol. The largest absolute Gasteiger partial charge is 0.391 e. The molecule has 0 rings (SSSR count). The second kappa shape index (κ2) is 38.8. The quantitative estimate of drug-likeness (QED) is 0.0329. The predicted octanol–water partition coefficient (Wildman–Crippen LogP) is 13.4. The fraction of sp³-hybridized carbons (Fsp3) is 0.932. The normalized spacial score (nSPS) is 13.3. The van der Waals surface area contributed by atoms with Crippen LogP contribution < -0.4 is 5.32 Å². The van der Waals surface area contributed by atoms with Crippen LogP contribution in [0.5, 0.6) is 0 Å². The molecule has 3 N–H and O–H groups in total. The Hall–Kier alpha value is -0.920. The zero-order valence-electron chi connectivity index (χ0n) is 34.0. The van der Waals surface area contributed by atoms with Gasteiger partial charge in [0.1, 0.15) is 0 Å². The standard InChI is InChI=1S/C44H87NO5S/c1-3-5-7-9-11-13-15-17-19-21-22-24-26-28-30-32-34-36-38-40-44(47)45-42(41-51(48,49)50)43(46)39-37-35-33-31-29-27-25-23-20-18-16-14-12-10-8-6-4-2/h17,19,42-43,46H,3-16,18,20-41H2,1-2H3,(H,45,47)(H,48,49,50)/b19-17-. The molecule has 0 aliphatic heterocycles. The Bertz CT molecular complexity index is 862. The number of allylic oxidation sites excluding steroid dienone is 2. The molecule has 2 atom stereocenters. The molecule has 0 aromatic carbocycles. The van der Waals surface area contributed by atoms with Crippen molar-refractivity contribution < 1.29 is 22.9 Å². The minimum absolute atomic E-state index is 0.244. The first-order chi connectivity index (χ1) is 24.8. The van der Waals surface area contributed by atoms with Gasteiger partial charge in [-0.2, -0.15) is 8.42 Å². The molecule has 0 aromatic rings. The van der Waals surface area contributed by atoms with Crippen LogP contribution in [0, 0.1) is 0 Å². The molecule has 0 spiro atoms. The molecule has 0 aliphatic rings. The first-order valence-electron chi connectivity index (χ1n) is 22.4. The molecule has 0 saturated heterocycles. The molecule has 0 radical (unpaired) electrons. The fourth-order valence-corrected chi connectivity index (χ4v) is 7.86. The van der Waals surface area contributed by atoms with E-state index in [0.717, 1.165) is 38.5 Å². The van der Waals surface area contributed by atoms with Crippen molar-refractivity contribution in [2.24, 2.45) is 0 Å². The van der Waals surface area contributed by atoms with E-state index in [1.54, 1.807) is 0 Å². The Kier molecular flexibility index (Phi) is 38.1. The Morgan fingerprint density at radius 3 is 1.18 bits per heavy atom. The van der Waals surface area contributed by atoms with E-state index in [0.29, 0.717) is 12.8 Å². The van der Waals surface area contributed by atoms with Gasteiger partial charge in [0.25, 0.3) is 10.1 Å². The molecule has 2 unspecified atom stereocenters. The molecule has 51 heavy (non-hydrogen) atoms. The molecule has 0 heterocycles. The molecule has 0 saturated carbocycles. The summed E-state index contributed by atoms with van der Waals surface area (Å²) in [4.78, 5) is 12.6. The highest BCUT2D eigenvalue weighted by Gasteiger charge is 2.26. The highest BCUT2D eigenvalue weighted by Crippen LogP contribution is 2.17. The van der Waals surface area contributed by atoms with Gasteiger partial charge in [-0.3, -0.25) is 9.35 Å². The molecule has 0 aliphatic carbocycles. The molecule has 0 bridgehead atoms. The maximum atomic E-state index is 12.6. The Morgan fingerprint density at radius 1 is 0.510 bits per heavy atom. The van der Waals surface area contributed by atoms with E-state index >= 15 is 0 Å². The van der Waals surface area contributed by atoms with E-state index in [9.17, 15) is 22.9 Å². The lowest BCUT2D eigenvalue weighted by molar-refractivity contribution is -0.122. The lowest BCUT2D eigenvalue weighted by Crippen LogP contribution is -2.47. The van der Waals surface area contributed by atoms with Gasteiger partial charge in [0.05, 0.1) is 17.9 Å². The molecule has 304 valence electrons. The zero-order valence-corrected chi connectivity index (χ0v) is 34.8. The lowest BCUT2D eigenvalue weighted by atomic mass is 10.0. The van der Waals surface area contributed by atoms with Crippen LogP contribution in [0.15, 0.2) is 12.2 Å². The maximum absolute atomic E-state index is 12.6. The van der Waals surface area contributed by atoms with Crippen LogP contribution in [0.3, 0.4) is 0 Å². The third-order valence-corrected chi connectivity index (χ3v) is 11.3. The van der Waals surface area contributed by atoms with E-state index in [4.69, 9.17) is 0 Å². The van der Waals surface area contributed by atoms with Gasteiger partial charge in [0, 0.05) is 6.42 Å². The highest BCUT2D eigenvalue weighted by atomic mass is 32.2. The highest BCUT2D eigenvalue weighted by molar-refractivity contribution is 7.85. The van der Waals surface area contributed by atoms with Gasteiger partial charge in [-0.15, -0.1) is 0 Å². The predicted molar refractivity (Wildman–Crippen MR) is 221 cm³/mol. The molecule has 0 fully saturated rings. The number of aliphatic hydroxyl groups is 1. The third-order valence-electron chi connectivity index (χ3n) is 10.5. The number of carbonyl (C=O) groups is 1. The molecule has 6 nitrogen and oxygen atoms in total. The van der Waals surface area contributed by atoms with Crippen LogP contribution in [-0.2, 0) is 14.9 Å². The molecule has 0 aromatic heterocycles. The maximum Gasteiger partial charge on any atom is 0.266 e. The minimum Gasteiger partial charge on any atom is -0.391 e. The minimum atomic E-state index is -4.31. The monoisotopic (exact) mass is 742 g/mol. The van der Waals surface area contributed by atoms with Crippen LogP contribution >= 0.6 is 0 Å². The van der Waals surface area contributed by atoms with Gasteiger partial charge in [-0.05, 0) is 38.5 Å². The summed E-state index contributed by atoms with van der Waals surface area (Å²) >= 11 is 0.